The maximum Gasteiger partial charge on any atom is 0.124 e. The maximum atomic E-state index is 13.0. The van der Waals surface area contributed by atoms with Gasteiger partial charge in [0.2, 0.25) is 0 Å². The van der Waals surface area contributed by atoms with Crippen molar-refractivity contribution in [1.82, 2.24) is 0 Å². The van der Waals surface area contributed by atoms with Crippen LogP contribution in [-0.4, -0.2) is 26.4 Å². The van der Waals surface area contributed by atoms with Crippen molar-refractivity contribution in [3.8, 4) is 0 Å². The van der Waals surface area contributed by atoms with E-state index < -0.39 is 0 Å². The van der Waals surface area contributed by atoms with Crippen LogP contribution in [0.15, 0.2) is 22.7 Å². The third kappa shape index (κ3) is 2.44. The molecular formula is C12H14BrFO2. The highest BCUT2D eigenvalue weighted by molar-refractivity contribution is 9.10. The van der Waals surface area contributed by atoms with Crippen molar-refractivity contribution in [3.63, 3.8) is 0 Å². The summed E-state index contributed by atoms with van der Waals surface area (Å²) in [7, 11) is 1.68. The van der Waals surface area contributed by atoms with Crippen LogP contribution in [0.1, 0.15) is 17.9 Å². The Bertz CT molecular complexity index is 370. The normalized spacial score (nSPS) is 25.7. The van der Waals surface area contributed by atoms with E-state index >= 15 is 0 Å². The van der Waals surface area contributed by atoms with Crippen molar-refractivity contribution in [2.45, 2.75) is 18.4 Å². The fraction of sp³-hybridized carbons (Fsp3) is 0.500. The van der Waals surface area contributed by atoms with Gasteiger partial charge in [0.15, 0.2) is 0 Å². The molecule has 16 heavy (non-hydrogen) atoms. The topological polar surface area (TPSA) is 18.5 Å². The number of benzene rings is 1. The van der Waals surface area contributed by atoms with Gasteiger partial charge in [0.25, 0.3) is 0 Å². The molecule has 0 aromatic heterocycles. The fourth-order valence-electron chi connectivity index (χ4n) is 2.10. The van der Waals surface area contributed by atoms with Crippen LogP contribution in [0.3, 0.4) is 0 Å². The third-order valence-electron chi connectivity index (χ3n) is 2.97. The molecule has 2 nitrogen and oxygen atoms in total. The van der Waals surface area contributed by atoms with Crippen molar-refractivity contribution < 1.29 is 13.9 Å². The second-order valence-corrected chi connectivity index (χ2v) is 4.76. The van der Waals surface area contributed by atoms with Crippen LogP contribution in [-0.2, 0) is 9.47 Å². The molecule has 0 aliphatic carbocycles. The quantitative estimate of drug-likeness (QED) is 0.833. The zero-order valence-corrected chi connectivity index (χ0v) is 10.7. The van der Waals surface area contributed by atoms with Gasteiger partial charge < -0.3 is 9.47 Å². The molecule has 1 aromatic rings. The highest BCUT2D eigenvalue weighted by Gasteiger charge is 2.28. The van der Waals surface area contributed by atoms with Gasteiger partial charge in [-0.1, -0.05) is 22.0 Å². The van der Waals surface area contributed by atoms with Gasteiger partial charge in [0.05, 0.1) is 12.7 Å². The van der Waals surface area contributed by atoms with E-state index in [1.165, 1.54) is 12.1 Å². The van der Waals surface area contributed by atoms with Crippen molar-refractivity contribution in [2.75, 3.05) is 20.3 Å². The minimum absolute atomic E-state index is 0.0514. The monoisotopic (exact) mass is 288 g/mol. The molecule has 4 heteroatoms. The van der Waals surface area contributed by atoms with E-state index in [2.05, 4.69) is 15.9 Å². The largest absolute Gasteiger partial charge is 0.379 e. The second kappa shape index (κ2) is 5.25. The molecule has 0 amide bonds. The summed E-state index contributed by atoms with van der Waals surface area (Å²) in [6.45, 7) is 1.33. The Morgan fingerprint density at radius 2 is 2.31 bits per heavy atom. The molecule has 0 radical (unpaired) electrons. The van der Waals surface area contributed by atoms with E-state index in [1.807, 2.05) is 6.07 Å². The van der Waals surface area contributed by atoms with Gasteiger partial charge in [0, 0.05) is 24.1 Å². The number of methoxy groups -OCH3 is 1. The summed E-state index contributed by atoms with van der Waals surface area (Å²) < 4.78 is 24.6. The molecule has 88 valence electrons. The summed E-state index contributed by atoms with van der Waals surface area (Å²) in [5.41, 5.74) is 1.09. The Hall–Kier alpha value is -0.450. The molecule has 0 spiro atoms. The van der Waals surface area contributed by atoms with Gasteiger partial charge in [-0.15, -0.1) is 0 Å². The number of rotatable bonds is 2. The van der Waals surface area contributed by atoms with Gasteiger partial charge in [-0.2, -0.15) is 0 Å². The first kappa shape index (κ1) is 12.0. The molecule has 2 atom stereocenters. The third-order valence-corrected chi connectivity index (χ3v) is 3.66. The summed E-state index contributed by atoms with van der Waals surface area (Å²) in [5.74, 6) is 0.0466. The number of ether oxygens (including phenoxy) is 2. The lowest BCUT2D eigenvalue weighted by Gasteiger charge is -2.31. The summed E-state index contributed by atoms with van der Waals surface area (Å²) in [4.78, 5) is 0. The van der Waals surface area contributed by atoms with Crippen molar-refractivity contribution in [3.05, 3.63) is 34.1 Å². The summed E-state index contributed by atoms with van der Waals surface area (Å²) in [6.07, 6.45) is 0.957. The molecule has 0 saturated carbocycles. The molecule has 0 N–H and O–H groups in total. The first-order valence-corrected chi connectivity index (χ1v) is 6.07. The second-order valence-electron chi connectivity index (χ2n) is 3.91. The summed E-state index contributed by atoms with van der Waals surface area (Å²) in [6, 6.07) is 4.81. The van der Waals surface area contributed by atoms with E-state index in [0.717, 1.165) is 23.1 Å². The van der Waals surface area contributed by atoms with Gasteiger partial charge in [-0.25, -0.2) is 4.39 Å². The Morgan fingerprint density at radius 3 is 3.00 bits per heavy atom. The Morgan fingerprint density at radius 1 is 1.50 bits per heavy atom. The van der Waals surface area contributed by atoms with Gasteiger partial charge in [0.1, 0.15) is 5.82 Å². The number of hydrogen-bond donors (Lipinski definition) is 0. The molecule has 2 unspecified atom stereocenters. The standard InChI is InChI=1S/C12H14BrFO2/c1-15-12-7-16-5-4-10(12)9-3-2-8(14)6-11(9)13/h2-3,6,10,12H,4-5,7H2,1H3. The van der Waals surface area contributed by atoms with Crippen LogP contribution in [0.5, 0.6) is 0 Å². The Balaban J connectivity index is 2.27. The Labute approximate surface area is 103 Å². The van der Waals surface area contributed by atoms with Crippen LogP contribution >= 0.6 is 15.9 Å². The first-order valence-electron chi connectivity index (χ1n) is 5.28. The minimum atomic E-state index is -0.225. The smallest absolute Gasteiger partial charge is 0.124 e. The molecule has 1 heterocycles. The van der Waals surface area contributed by atoms with E-state index in [9.17, 15) is 4.39 Å². The highest BCUT2D eigenvalue weighted by Crippen LogP contribution is 2.34. The maximum absolute atomic E-state index is 13.0. The highest BCUT2D eigenvalue weighted by atomic mass is 79.9. The van der Waals surface area contributed by atoms with E-state index in [-0.39, 0.29) is 17.8 Å². The Kier molecular flexibility index (Phi) is 3.95. The van der Waals surface area contributed by atoms with E-state index in [0.29, 0.717) is 6.61 Å². The summed E-state index contributed by atoms with van der Waals surface area (Å²) in [5, 5.41) is 0. The first-order chi connectivity index (χ1) is 7.72. The zero-order chi connectivity index (χ0) is 11.5. The molecule has 1 aliphatic rings. The van der Waals surface area contributed by atoms with Crippen LogP contribution in [0, 0.1) is 5.82 Å². The average Bonchev–Trinajstić information content (AvgIpc) is 2.29. The van der Waals surface area contributed by atoms with Crippen LogP contribution < -0.4 is 0 Å². The van der Waals surface area contributed by atoms with Gasteiger partial charge in [-0.05, 0) is 24.1 Å². The fourth-order valence-corrected chi connectivity index (χ4v) is 2.75. The van der Waals surface area contributed by atoms with E-state index in [4.69, 9.17) is 9.47 Å². The van der Waals surface area contributed by atoms with E-state index in [1.54, 1.807) is 7.11 Å². The van der Waals surface area contributed by atoms with Gasteiger partial charge >= 0.3 is 0 Å². The minimum Gasteiger partial charge on any atom is -0.379 e. The van der Waals surface area contributed by atoms with Crippen molar-refractivity contribution >= 4 is 15.9 Å². The molecule has 2 rings (SSSR count). The molecule has 1 fully saturated rings. The SMILES string of the molecule is COC1COCCC1c1ccc(F)cc1Br. The van der Waals surface area contributed by atoms with Crippen molar-refractivity contribution in [1.29, 1.82) is 0 Å². The zero-order valence-electron chi connectivity index (χ0n) is 9.08. The molecule has 1 aliphatic heterocycles. The summed E-state index contributed by atoms with van der Waals surface area (Å²) >= 11 is 3.40. The van der Waals surface area contributed by atoms with Crippen molar-refractivity contribution in [2.24, 2.45) is 0 Å². The lowest BCUT2D eigenvalue weighted by molar-refractivity contribution is -0.0435. The molecular weight excluding hydrogens is 275 g/mol. The van der Waals surface area contributed by atoms with Crippen LogP contribution in [0.2, 0.25) is 0 Å². The predicted octanol–water partition coefficient (Wildman–Crippen LogP) is 3.11. The number of halogens is 2. The molecule has 1 aromatic carbocycles. The van der Waals surface area contributed by atoms with Gasteiger partial charge in [-0.3, -0.25) is 0 Å². The van der Waals surface area contributed by atoms with Crippen LogP contribution in [0.25, 0.3) is 0 Å². The average molecular weight is 289 g/mol. The molecule has 0 bridgehead atoms. The number of hydrogen-bond acceptors (Lipinski definition) is 2. The molecule has 1 saturated heterocycles. The lowest BCUT2D eigenvalue weighted by atomic mass is 9.89. The van der Waals surface area contributed by atoms with Crippen LogP contribution in [0.4, 0.5) is 4.39 Å². The predicted molar refractivity (Wildman–Crippen MR) is 63.1 cm³/mol. The lowest BCUT2D eigenvalue weighted by Crippen LogP contribution is -2.32.